The van der Waals surface area contributed by atoms with Crippen molar-refractivity contribution in [2.45, 2.75) is 13.5 Å². The van der Waals surface area contributed by atoms with Crippen molar-refractivity contribution < 1.29 is 4.74 Å². The largest absolute Gasteiger partial charge is 0.383 e. The van der Waals surface area contributed by atoms with E-state index in [4.69, 9.17) is 10.5 Å². The SMILES string of the molecule is COCCN(CCN)Cc1ccc(C)cc1. The second-order valence-electron chi connectivity index (χ2n) is 4.04. The van der Waals surface area contributed by atoms with Crippen molar-refractivity contribution in [3.63, 3.8) is 0 Å². The van der Waals surface area contributed by atoms with Crippen LogP contribution in [0.25, 0.3) is 0 Å². The van der Waals surface area contributed by atoms with E-state index in [2.05, 4.69) is 36.1 Å². The lowest BCUT2D eigenvalue weighted by atomic mass is 10.1. The Morgan fingerprint density at radius 3 is 2.44 bits per heavy atom. The molecule has 1 aromatic rings. The van der Waals surface area contributed by atoms with Crippen molar-refractivity contribution in [1.82, 2.24) is 4.90 Å². The van der Waals surface area contributed by atoms with Gasteiger partial charge in [0.05, 0.1) is 6.61 Å². The fraction of sp³-hybridized carbons (Fsp3) is 0.538. The number of nitrogens with zero attached hydrogens (tertiary/aromatic N) is 1. The first-order valence-corrected chi connectivity index (χ1v) is 5.73. The Labute approximate surface area is 98.2 Å². The van der Waals surface area contributed by atoms with E-state index < -0.39 is 0 Å². The summed E-state index contributed by atoms with van der Waals surface area (Å²) in [5.74, 6) is 0. The zero-order valence-corrected chi connectivity index (χ0v) is 10.3. The highest BCUT2D eigenvalue weighted by molar-refractivity contribution is 5.21. The van der Waals surface area contributed by atoms with Crippen molar-refractivity contribution in [1.29, 1.82) is 0 Å². The van der Waals surface area contributed by atoms with Crippen LogP contribution in [-0.2, 0) is 11.3 Å². The van der Waals surface area contributed by atoms with Gasteiger partial charge in [-0.05, 0) is 12.5 Å². The van der Waals surface area contributed by atoms with E-state index in [1.807, 2.05) is 0 Å². The zero-order valence-electron chi connectivity index (χ0n) is 10.3. The summed E-state index contributed by atoms with van der Waals surface area (Å²) < 4.78 is 5.09. The summed E-state index contributed by atoms with van der Waals surface area (Å²) in [6.07, 6.45) is 0. The molecule has 0 fully saturated rings. The Morgan fingerprint density at radius 1 is 1.19 bits per heavy atom. The number of rotatable bonds is 7. The molecule has 0 unspecified atom stereocenters. The summed E-state index contributed by atoms with van der Waals surface area (Å²) in [7, 11) is 1.73. The van der Waals surface area contributed by atoms with Crippen LogP contribution in [0.3, 0.4) is 0 Å². The minimum Gasteiger partial charge on any atom is -0.383 e. The van der Waals surface area contributed by atoms with Gasteiger partial charge in [0.25, 0.3) is 0 Å². The normalized spacial score (nSPS) is 11.0. The predicted octanol–water partition coefficient (Wildman–Crippen LogP) is 1.40. The molecule has 0 saturated carbocycles. The van der Waals surface area contributed by atoms with Gasteiger partial charge < -0.3 is 10.5 Å². The molecule has 0 aliphatic rings. The monoisotopic (exact) mass is 222 g/mol. The summed E-state index contributed by atoms with van der Waals surface area (Å²) in [6, 6.07) is 8.63. The van der Waals surface area contributed by atoms with Gasteiger partial charge in [0.15, 0.2) is 0 Å². The van der Waals surface area contributed by atoms with Crippen LogP contribution in [0.2, 0.25) is 0 Å². The minimum atomic E-state index is 0.690. The molecule has 0 radical (unpaired) electrons. The third-order valence-electron chi connectivity index (χ3n) is 2.58. The molecule has 1 rings (SSSR count). The van der Waals surface area contributed by atoms with E-state index in [9.17, 15) is 0 Å². The van der Waals surface area contributed by atoms with Gasteiger partial charge in [-0.3, -0.25) is 4.90 Å². The van der Waals surface area contributed by atoms with E-state index in [1.165, 1.54) is 11.1 Å². The molecule has 16 heavy (non-hydrogen) atoms. The molecule has 0 saturated heterocycles. The first-order chi connectivity index (χ1) is 7.76. The van der Waals surface area contributed by atoms with Crippen LogP contribution < -0.4 is 5.73 Å². The molecule has 90 valence electrons. The van der Waals surface area contributed by atoms with Crippen LogP contribution in [0.15, 0.2) is 24.3 Å². The summed E-state index contributed by atoms with van der Waals surface area (Å²) in [5, 5.41) is 0. The number of hydrogen-bond donors (Lipinski definition) is 1. The molecule has 0 spiro atoms. The Hall–Kier alpha value is -0.900. The highest BCUT2D eigenvalue weighted by atomic mass is 16.5. The number of benzene rings is 1. The third-order valence-corrected chi connectivity index (χ3v) is 2.58. The summed E-state index contributed by atoms with van der Waals surface area (Å²) in [6.45, 7) is 6.34. The van der Waals surface area contributed by atoms with Crippen molar-refractivity contribution in [3.05, 3.63) is 35.4 Å². The van der Waals surface area contributed by atoms with Gasteiger partial charge in [0.2, 0.25) is 0 Å². The van der Waals surface area contributed by atoms with Gasteiger partial charge in [0, 0.05) is 33.3 Å². The number of nitrogens with two attached hydrogens (primary N) is 1. The second kappa shape index (κ2) is 7.39. The smallest absolute Gasteiger partial charge is 0.0589 e. The maximum atomic E-state index is 5.60. The van der Waals surface area contributed by atoms with E-state index in [0.717, 1.165) is 26.2 Å². The summed E-state index contributed by atoms with van der Waals surface area (Å²) in [5.41, 5.74) is 8.22. The Bertz CT molecular complexity index is 284. The maximum Gasteiger partial charge on any atom is 0.0589 e. The number of methoxy groups -OCH3 is 1. The Balaban J connectivity index is 2.49. The van der Waals surface area contributed by atoms with E-state index >= 15 is 0 Å². The highest BCUT2D eigenvalue weighted by Crippen LogP contribution is 2.06. The lowest BCUT2D eigenvalue weighted by molar-refractivity contribution is 0.146. The van der Waals surface area contributed by atoms with Gasteiger partial charge in [-0.2, -0.15) is 0 Å². The van der Waals surface area contributed by atoms with Crippen LogP contribution >= 0.6 is 0 Å². The zero-order chi connectivity index (χ0) is 11.8. The molecular formula is C13H22N2O. The maximum absolute atomic E-state index is 5.60. The molecule has 0 aliphatic heterocycles. The van der Waals surface area contributed by atoms with Gasteiger partial charge >= 0.3 is 0 Å². The van der Waals surface area contributed by atoms with Crippen LogP contribution in [-0.4, -0.2) is 38.3 Å². The van der Waals surface area contributed by atoms with Gasteiger partial charge in [-0.25, -0.2) is 0 Å². The quantitative estimate of drug-likeness (QED) is 0.758. The lowest BCUT2D eigenvalue weighted by Gasteiger charge is -2.21. The predicted molar refractivity (Wildman–Crippen MR) is 67.4 cm³/mol. The van der Waals surface area contributed by atoms with Crippen LogP contribution in [0.1, 0.15) is 11.1 Å². The van der Waals surface area contributed by atoms with Gasteiger partial charge in [-0.1, -0.05) is 29.8 Å². The molecule has 1 aromatic carbocycles. The summed E-state index contributed by atoms with van der Waals surface area (Å²) >= 11 is 0. The molecular weight excluding hydrogens is 200 g/mol. The molecule has 0 aromatic heterocycles. The highest BCUT2D eigenvalue weighted by Gasteiger charge is 2.04. The first-order valence-electron chi connectivity index (χ1n) is 5.73. The average Bonchev–Trinajstić information content (AvgIpc) is 2.29. The second-order valence-corrected chi connectivity index (χ2v) is 4.04. The van der Waals surface area contributed by atoms with E-state index in [0.29, 0.717) is 6.54 Å². The fourth-order valence-corrected chi connectivity index (χ4v) is 1.62. The minimum absolute atomic E-state index is 0.690. The Kier molecular flexibility index (Phi) is 6.08. The molecule has 0 atom stereocenters. The summed E-state index contributed by atoms with van der Waals surface area (Å²) in [4.78, 5) is 2.31. The van der Waals surface area contributed by atoms with Crippen molar-refractivity contribution in [3.8, 4) is 0 Å². The molecule has 3 nitrogen and oxygen atoms in total. The first kappa shape index (κ1) is 13.2. The van der Waals surface area contributed by atoms with Crippen molar-refractivity contribution >= 4 is 0 Å². The van der Waals surface area contributed by atoms with Crippen molar-refractivity contribution in [2.75, 3.05) is 33.4 Å². The molecule has 0 heterocycles. The lowest BCUT2D eigenvalue weighted by Crippen LogP contribution is -2.31. The van der Waals surface area contributed by atoms with E-state index in [1.54, 1.807) is 7.11 Å². The van der Waals surface area contributed by atoms with E-state index in [-0.39, 0.29) is 0 Å². The molecule has 0 bridgehead atoms. The Morgan fingerprint density at radius 2 is 1.88 bits per heavy atom. The topological polar surface area (TPSA) is 38.5 Å². The van der Waals surface area contributed by atoms with Crippen LogP contribution in [0, 0.1) is 6.92 Å². The molecule has 0 amide bonds. The van der Waals surface area contributed by atoms with Gasteiger partial charge in [-0.15, -0.1) is 0 Å². The fourth-order valence-electron chi connectivity index (χ4n) is 1.62. The standard InChI is InChI=1S/C13H22N2O/c1-12-3-5-13(6-4-12)11-15(8-7-14)9-10-16-2/h3-6H,7-11,14H2,1-2H3. The van der Waals surface area contributed by atoms with Crippen LogP contribution in [0.5, 0.6) is 0 Å². The number of ether oxygens (including phenoxy) is 1. The molecule has 2 N–H and O–H groups in total. The average molecular weight is 222 g/mol. The third kappa shape index (κ3) is 4.75. The molecule has 3 heteroatoms. The molecule has 0 aliphatic carbocycles. The van der Waals surface area contributed by atoms with Crippen LogP contribution in [0.4, 0.5) is 0 Å². The number of aryl methyl sites for hydroxylation is 1. The number of hydrogen-bond acceptors (Lipinski definition) is 3. The van der Waals surface area contributed by atoms with Gasteiger partial charge in [0.1, 0.15) is 0 Å². The van der Waals surface area contributed by atoms with Crippen molar-refractivity contribution in [2.24, 2.45) is 5.73 Å².